The van der Waals surface area contributed by atoms with Gasteiger partial charge in [-0.2, -0.15) is 10.1 Å². The van der Waals surface area contributed by atoms with Crippen molar-refractivity contribution in [1.82, 2.24) is 4.98 Å². The molecule has 7 nitrogen and oxygen atoms in total. The molecule has 0 aliphatic heterocycles. The van der Waals surface area contributed by atoms with Gasteiger partial charge in [-0.3, -0.25) is 4.79 Å². The Morgan fingerprint density at radius 1 is 0.970 bits per heavy atom. The Morgan fingerprint density at radius 2 is 1.73 bits per heavy atom. The van der Waals surface area contributed by atoms with Gasteiger partial charge in [0.25, 0.3) is 5.91 Å². The Kier molecular flexibility index (Phi) is 6.90. The van der Waals surface area contributed by atoms with Gasteiger partial charge in [0.15, 0.2) is 11.5 Å². The Morgan fingerprint density at radius 3 is 2.42 bits per heavy atom. The summed E-state index contributed by atoms with van der Waals surface area (Å²) < 4.78 is 17.8. The first-order valence-corrected chi connectivity index (χ1v) is 11.4. The Labute approximate surface area is 203 Å². The quantitative estimate of drug-likeness (QED) is 0.226. The zero-order valence-corrected chi connectivity index (χ0v) is 20.5. The van der Waals surface area contributed by atoms with Gasteiger partial charge in [0.2, 0.25) is 5.13 Å². The summed E-state index contributed by atoms with van der Waals surface area (Å²) in [6, 6.07) is 18.2. The summed E-state index contributed by atoms with van der Waals surface area (Å²) in [4.78, 5) is 18.2. The summed E-state index contributed by atoms with van der Waals surface area (Å²) in [5.41, 5.74) is 1.98. The van der Waals surface area contributed by atoms with Crippen LogP contribution in [0.3, 0.4) is 0 Å². The van der Waals surface area contributed by atoms with Crippen molar-refractivity contribution in [3.63, 3.8) is 0 Å². The molecule has 0 fully saturated rings. The normalized spacial score (nSPS) is 11.0. The van der Waals surface area contributed by atoms with Gasteiger partial charge in [0, 0.05) is 10.0 Å². The molecule has 0 saturated heterocycles. The fourth-order valence-electron chi connectivity index (χ4n) is 3.06. The highest BCUT2D eigenvalue weighted by Gasteiger charge is 2.22. The minimum atomic E-state index is -0.352. The molecule has 33 heavy (non-hydrogen) atoms. The van der Waals surface area contributed by atoms with Crippen LogP contribution in [0, 0.1) is 0 Å². The molecule has 0 aliphatic rings. The fraction of sp³-hybridized carbons (Fsp3) is 0.125. The third kappa shape index (κ3) is 4.99. The second-order valence-corrected chi connectivity index (χ2v) is 8.74. The number of hydrazone groups is 1. The van der Waals surface area contributed by atoms with E-state index in [0.717, 1.165) is 20.3 Å². The molecule has 0 radical (unpaired) electrons. The molecule has 0 aliphatic carbocycles. The van der Waals surface area contributed by atoms with Crippen LogP contribution in [-0.2, 0) is 0 Å². The zero-order chi connectivity index (χ0) is 23.4. The molecule has 0 N–H and O–H groups in total. The Bertz CT molecular complexity index is 1320. The number of nitrogens with zero attached hydrogens (tertiary/aromatic N) is 3. The molecule has 1 heterocycles. The van der Waals surface area contributed by atoms with E-state index in [0.29, 0.717) is 27.9 Å². The number of aromatic nitrogens is 1. The maximum absolute atomic E-state index is 13.5. The monoisotopic (exact) mass is 525 g/mol. The molecule has 4 rings (SSSR count). The average molecular weight is 526 g/mol. The van der Waals surface area contributed by atoms with E-state index < -0.39 is 0 Å². The number of methoxy groups -OCH3 is 3. The lowest BCUT2D eigenvalue weighted by molar-refractivity contribution is 0.0987. The van der Waals surface area contributed by atoms with E-state index in [2.05, 4.69) is 26.0 Å². The second kappa shape index (κ2) is 10.0. The molecule has 9 heteroatoms. The lowest BCUT2D eigenvalue weighted by atomic mass is 10.2. The van der Waals surface area contributed by atoms with Gasteiger partial charge in [-0.25, -0.2) is 4.98 Å². The average Bonchev–Trinajstić information content (AvgIpc) is 3.27. The van der Waals surface area contributed by atoms with Gasteiger partial charge in [0.05, 0.1) is 37.8 Å². The predicted molar refractivity (Wildman–Crippen MR) is 134 cm³/mol. The molecule has 1 aromatic heterocycles. The van der Waals surface area contributed by atoms with Crippen molar-refractivity contribution in [2.45, 2.75) is 0 Å². The van der Waals surface area contributed by atoms with Gasteiger partial charge in [-0.05, 0) is 54.1 Å². The van der Waals surface area contributed by atoms with Gasteiger partial charge in [0.1, 0.15) is 5.75 Å². The molecule has 0 unspecified atom stereocenters. The number of fused-ring (bicyclic) bond motifs is 1. The topological polar surface area (TPSA) is 73.2 Å². The second-order valence-electron chi connectivity index (χ2n) is 6.81. The molecule has 0 spiro atoms. The molecular formula is C24H20BrN3O4S. The molecule has 168 valence electrons. The maximum atomic E-state index is 13.5. The fourth-order valence-corrected chi connectivity index (χ4v) is 4.28. The van der Waals surface area contributed by atoms with E-state index >= 15 is 0 Å². The molecule has 0 bridgehead atoms. The summed E-state index contributed by atoms with van der Waals surface area (Å²) in [5, 5.41) is 6.22. The number of rotatable bonds is 7. The SMILES string of the molecule is COc1ccc2nc(N(/N=C/c3ccc(Br)cc3)C(=O)c3ccc(OC)c(OC)c3)sc2c1. The minimum absolute atomic E-state index is 0.352. The van der Waals surface area contributed by atoms with E-state index in [-0.39, 0.29) is 5.91 Å². The van der Waals surface area contributed by atoms with Crippen molar-refractivity contribution in [2.24, 2.45) is 5.10 Å². The Balaban J connectivity index is 1.77. The van der Waals surface area contributed by atoms with Crippen molar-refractivity contribution in [3.8, 4) is 17.2 Å². The maximum Gasteiger partial charge on any atom is 0.280 e. The van der Waals surface area contributed by atoms with Crippen molar-refractivity contribution >= 4 is 54.7 Å². The number of amides is 1. The molecular weight excluding hydrogens is 506 g/mol. The van der Waals surface area contributed by atoms with Gasteiger partial charge < -0.3 is 14.2 Å². The first kappa shape index (κ1) is 22.8. The number of hydrogen-bond acceptors (Lipinski definition) is 7. The van der Waals surface area contributed by atoms with Gasteiger partial charge in [-0.1, -0.05) is 39.4 Å². The summed E-state index contributed by atoms with van der Waals surface area (Å²) in [6.07, 6.45) is 1.62. The third-order valence-corrected chi connectivity index (χ3v) is 6.30. The summed E-state index contributed by atoms with van der Waals surface area (Å²) >= 11 is 4.77. The number of anilines is 1. The van der Waals surface area contributed by atoms with E-state index in [1.54, 1.807) is 38.6 Å². The van der Waals surface area contributed by atoms with Crippen molar-refractivity contribution < 1.29 is 19.0 Å². The first-order chi connectivity index (χ1) is 16.0. The number of carbonyl (C=O) groups excluding carboxylic acids is 1. The van der Waals surface area contributed by atoms with E-state index in [1.165, 1.54) is 23.5 Å². The van der Waals surface area contributed by atoms with Crippen LogP contribution in [0.1, 0.15) is 15.9 Å². The lowest BCUT2D eigenvalue weighted by Crippen LogP contribution is -2.25. The number of thiazole rings is 1. The van der Waals surface area contributed by atoms with Crippen LogP contribution in [0.2, 0.25) is 0 Å². The van der Waals surface area contributed by atoms with Crippen molar-refractivity contribution in [3.05, 3.63) is 76.3 Å². The largest absolute Gasteiger partial charge is 0.497 e. The zero-order valence-electron chi connectivity index (χ0n) is 18.1. The van der Waals surface area contributed by atoms with Crippen LogP contribution in [0.15, 0.2) is 70.2 Å². The standard InChI is InChI=1S/C24H20BrN3O4S/c1-30-18-9-10-19-22(13-18)33-24(27-19)28(26-14-15-4-7-17(25)8-5-15)23(29)16-6-11-20(31-2)21(12-16)32-3/h4-14H,1-3H3/b26-14+. The van der Waals surface area contributed by atoms with Crippen molar-refractivity contribution in [2.75, 3.05) is 26.3 Å². The molecule has 1 amide bonds. The predicted octanol–water partition coefficient (Wildman–Crippen LogP) is 5.77. The number of ether oxygens (including phenoxy) is 3. The van der Waals surface area contributed by atoms with Crippen LogP contribution in [-0.4, -0.2) is 38.4 Å². The van der Waals surface area contributed by atoms with Gasteiger partial charge in [-0.15, -0.1) is 0 Å². The summed E-state index contributed by atoms with van der Waals surface area (Å²) in [7, 11) is 4.68. The molecule has 3 aromatic carbocycles. The highest BCUT2D eigenvalue weighted by atomic mass is 79.9. The molecule has 0 atom stereocenters. The third-order valence-electron chi connectivity index (χ3n) is 4.78. The van der Waals surface area contributed by atoms with Crippen LogP contribution in [0.4, 0.5) is 5.13 Å². The lowest BCUT2D eigenvalue weighted by Gasteiger charge is -2.15. The summed E-state index contributed by atoms with van der Waals surface area (Å²) in [5.74, 6) is 1.35. The van der Waals surface area contributed by atoms with Crippen LogP contribution >= 0.6 is 27.3 Å². The molecule has 0 saturated carbocycles. The van der Waals surface area contributed by atoms with E-state index in [4.69, 9.17) is 14.2 Å². The van der Waals surface area contributed by atoms with E-state index in [9.17, 15) is 4.79 Å². The van der Waals surface area contributed by atoms with E-state index in [1.807, 2.05) is 42.5 Å². The number of hydrogen-bond donors (Lipinski definition) is 0. The Hall–Kier alpha value is -3.43. The molecule has 4 aromatic rings. The van der Waals surface area contributed by atoms with Crippen molar-refractivity contribution in [1.29, 1.82) is 0 Å². The van der Waals surface area contributed by atoms with Crippen LogP contribution in [0.25, 0.3) is 10.2 Å². The minimum Gasteiger partial charge on any atom is -0.497 e. The number of carbonyl (C=O) groups is 1. The highest BCUT2D eigenvalue weighted by molar-refractivity contribution is 9.10. The number of benzene rings is 3. The smallest absolute Gasteiger partial charge is 0.280 e. The highest BCUT2D eigenvalue weighted by Crippen LogP contribution is 2.34. The first-order valence-electron chi connectivity index (χ1n) is 9.83. The van der Waals surface area contributed by atoms with Crippen LogP contribution in [0.5, 0.6) is 17.2 Å². The van der Waals surface area contributed by atoms with Gasteiger partial charge >= 0.3 is 0 Å². The summed E-state index contributed by atoms with van der Waals surface area (Å²) in [6.45, 7) is 0. The van der Waals surface area contributed by atoms with Crippen LogP contribution < -0.4 is 19.2 Å². The number of halogens is 1.